The van der Waals surface area contributed by atoms with Gasteiger partial charge in [-0.25, -0.2) is 0 Å². The van der Waals surface area contributed by atoms with Crippen LogP contribution in [0, 0.1) is 5.92 Å². The lowest BCUT2D eigenvalue weighted by Crippen LogP contribution is -2.45. The van der Waals surface area contributed by atoms with Gasteiger partial charge in [-0.3, -0.25) is 4.79 Å². The van der Waals surface area contributed by atoms with Crippen LogP contribution >= 0.6 is 0 Å². The Kier molecular flexibility index (Phi) is 4.59. The van der Waals surface area contributed by atoms with E-state index in [4.69, 9.17) is 10.5 Å². The second-order valence-corrected chi connectivity index (χ2v) is 7.66. The van der Waals surface area contributed by atoms with E-state index in [-0.39, 0.29) is 11.9 Å². The van der Waals surface area contributed by atoms with Gasteiger partial charge >= 0.3 is 0 Å². The molecule has 2 aliphatic heterocycles. The van der Waals surface area contributed by atoms with Crippen LogP contribution in [0.2, 0.25) is 0 Å². The zero-order chi connectivity index (χ0) is 16.5. The van der Waals surface area contributed by atoms with Crippen LogP contribution in [0.5, 0.6) is 0 Å². The third-order valence-electron chi connectivity index (χ3n) is 6.05. The number of nitrogens with two attached hydrogens (primary N) is 1. The monoisotopic (exact) mass is 328 g/mol. The average molecular weight is 328 g/mol. The molecule has 4 nitrogen and oxygen atoms in total. The fraction of sp³-hybridized carbons (Fsp3) is 0.650. The maximum absolute atomic E-state index is 12.8. The number of hydrogen-bond donors (Lipinski definition) is 1. The van der Waals surface area contributed by atoms with Gasteiger partial charge in [-0.15, -0.1) is 0 Å². The molecule has 2 saturated heterocycles. The summed E-state index contributed by atoms with van der Waals surface area (Å²) in [5.74, 6) is 0.754. The second kappa shape index (κ2) is 6.85. The zero-order valence-electron chi connectivity index (χ0n) is 14.4. The van der Waals surface area contributed by atoms with Crippen LogP contribution in [0.4, 0.5) is 0 Å². The molecule has 0 radical (unpaired) electrons. The molecule has 24 heavy (non-hydrogen) atoms. The minimum Gasteiger partial charge on any atom is -0.378 e. The van der Waals surface area contributed by atoms with Crippen molar-refractivity contribution in [3.63, 3.8) is 0 Å². The summed E-state index contributed by atoms with van der Waals surface area (Å²) in [6.45, 7) is 2.48. The van der Waals surface area contributed by atoms with Crippen molar-refractivity contribution in [3.8, 4) is 0 Å². The Bertz CT molecular complexity index is 608. The third-order valence-corrected chi connectivity index (χ3v) is 6.05. The molecule has 3 aliphatic rings. The molecule has 0 bridgehead atoms. The first-order chi connectivity index (χ1) is 11.7. The highest BCUT2D eigenvalue weighted by molar-refractivity contribution is 5.94. The van der Waals surface area contributed by atoms with Crippen molar-refractivity contribution in [2.75, 3.05) is 19.7 Å². The van der Waals surface area contributed by atoms with E-state index in [1.54, 1.807) is 0 Å². The van der Waals surface area contributed by atoms with E-state index in [0.29, 0.717) is 12.0 Å². The maximum Gasteiger partial charge on any atom is 0.253 e. The Labute approximate surface area is 144 Å². The van der Waals surface area contributed by atoms with Crippen LogP contribution in [0.3, 0.4) is 0 Å². The first-order valence-electron chi connectivity index (χ1n) is 9.49. The SMILES string of the molecule is N[C@H]1CCO[C@@H](C2CCN(C(=O)c3ccc4c(c3)CCC4)CC2)C1. The number of benzene rings is 1. The molecule has 1 aromatic carbocycles. The molecule has 2 heterocycles. The molecule has 0 unspecified atom stereocenters. The topological polar surface area (TPSA) is 55.6 Å². The molecule has 4 rings (SSSR count). The quantitative estimate of drug-likeness (QED) is 0.908. The number of likely N-dealkylation sites (tertiary alicyclic amines) is 1. The third kappa shape index (κ3) is 3.22. The molecular formula is C20H28N2O2. The van der Waals surface area contributed by atoms with E-state index in [9.17, 15) is 4.79 Å². The fourth-order valence-corrected chi connectivity index (χ4v) is 4.55. The molecule has 4 heteroatoms. The van der Waals surface area contributed by atoms with Gasteiger partial charge in [0.2, 0.25) is 0 Å². The molecule has 1 aromatic rings. The van der Waals surface area contributed by atoms with Crippen molar-refractivity contribution < 1.29 is 9.53 Å². The van der Waals surface area contributed by atoms with E-state index in [0.717, 1.165) is 57.4 Å². The van der Waals surface area contributed by atoms with Gasteiger partial charge in [-0.2, -0.15) is 0 Å². The highest BCUT2D eigenvalue weighted by Crippen LogP contribution is 2.29. The Morgan fingerprint density at radius 2 is 1.92 bits per heavy atom. The minimum atomic E-state index is 0.199. The van der Waals surface area contributed by atoms with Crippen LogP contribution in [-0.2, 0) is 17.6 Å². The number of nitrogens with zero attached hydrogens (tertiary/aromatic N) is 1. The van der Waals surface area contributed by atoms with Crippen molar-refractivity contribution in [2.24, 2.45) is 11.7 Å². The first-order valence-corrected chi connectivity index (χ1v) is 9.49. The lowest BCUT2D eigenvalue weighted by atomic mass is 9.86. The molecule has 0 aromatic heterocycles. The molecule has 0 spiro atoms. The van der Waals surface area contributed by atoms with Crippen molar-refractivity contribution in [1.82, 2.24) is 4.90 Å². The number of carbonyl (C=O) groups is 1. The number of fused-ring (bicyclic) bond motifs is 1. The van der Waals surface area contributed by atoms with Gasteiger partial charge in [0.15, 0.2) is 0 Å². The lowest BCUT2D eigenvalue weighted by Gasteiger charge is -2.38. The normalized spacial score (nSPS) is 28.0. The summed E-state index contributed by atoms with van der Waals surface area (Å²) in [4.78, 5) is 14.8. The van der Waals surface area contributed by atoms with Crippen LogP contribution in [0.15, 0.2) is 18.2 Å². The second-order valence-electron chi connectivity index (χ2n) is 7.66. The predicted octanol–water partition coefficient (Wildman–Crippen LogP) is 2.53. The van der Waals surface area contributed by atoms with Crippen molar-refractivity contribution in [2.45, 2.75) is 57.1 Å². The van der Waals surface area contributed by atoms with Gasteiger partial charge in [-0.1, -0.05) is 6.07 Å². The molecular weight excluding hydrogens is 300 g/mol. The number of ether oxygens (including phenoxy) is 1. The number of carbonyl (C=O) groups excluding carboxylic acids is 1. The summed E-state index contributed by atoms with van der Waals surface area (Å²) in [6, 6.07) is 6.58. The highest BCUT2D eigenvalue weighted by Gasteiger charge is 2.32. The Hall–Kier alpha value is -1.39. The number of aryl methyl sites for hydroxylation is 2. The van der Waals surface area contributed by atoms with E-state index < -0.39 is 0 Å². The smallest absolute Gasteiger partial charge is 0.253 e. The summed E-state index contributed by atoms with van der Waals surface area (Å²) < 4.78 is 5.94. The predicted molar refractivity (Wildman–Crippen MR) is 94.0 cm³/mol. The van der Waals surface area contributed by atoms with Gasteiger partial charge in [0, 0.05) is 31.3 Å². The lowest BCUT2D eigenvalue weighted by molar-refractivity contribution is -0.0419. The fourth-order valence-electron chi connectivity index (χ4n) is 4.55. The summed E-state index contributed by atoms with van der Waals surface area (Å²) in [5.41, 5.74) is 9.75. The first kappa shape index (κ1) is 16.1. The molecule has 1 amide bonds. The highest BCUT2D eigenvalue weighted by atomic mass is 16.5. The molecule has 1 aliphatic carbocycles. The maximum atomic E-state index is 12.8. The van der Waals surface area contributed by atoms with E-state index in [1.165, 1.54) is 24.0 Å². The molecule has 2 atom stereocenters. The Morgan fingerprint density at radius 1 is 1.12 bits per heavy atom. The van der Waals surface area contributed by atoms with Gasteiger partial charge in [0.1, 0.15) is 0 Å². The number of rotatable bonds is 2. The van der Waals surface area contributed by atoms with Crippen LogP contribution < -0.4 is 5.73 Å². The van der Waals surface area contributed by atoms with Gasteiger partial charge in [-0.05, 0) is 74.1 Å². The summed E-state index contributed by atoms with van der Waals surface area (Å²) in [5, 5.41) is 0. The summed E-state index contributed by atoms with van der Waals surface area (Å²) >= 11 is 0. The van der Waals surface area contributed by atoms with E-state index >= 15 is 0 Å². The van der Waals surface area contributed by atoms with Crippen LogP contribution in [-0.4, -0.2) is 42.6 Å². The summed E-state index contributed by atoms with van der Waals surface area (Å²) in [6.07, 6.45) is 7.84. The summed E-state index contributed by atoms with van der Waals surface area (Å²) in [7, 11) is 0. The molecule has 0 saturated carbocycles. The number of hydrogen-bond acceptors (Lipinski definition) is 3. The standard InChI is InChI=1S/C20H28N2O2/c21-18-8-11-24-19(13-18)15-6-9-22(10-7-15)20(23)17-5-4-14-2-1-3-16(14)12-17/h4-5,12,15,18-19H,1-3,6-11,13,21H2/t18-,19+/m0/s1. The van der Waals surface area contributed by atoms with Crippen LogP contribution in [0.1, 0.15) is 53.6 Å². The van der Waals surface area contributed by atoms with Crippen LogP contribution in [0.25, 0.3) is 0 Å². The van der Waals surface area contributed by atoms with Gasteiger partial charge < -0.3 is 15.4 Å². The molecule has 130 valence electrons. The van der Waals surface area contributed by atoms with Crippen molar-refractivity contribution in [1.29, 1.82) is 0 Å². The van der Waals surface area contributed by atoms with Gasteiger partial charge in [0.05, 0.1) is 6.10 Å². The zero-order valence-corrected chi connectivity index (χ0v) is 14.4. The van der Waals surface area contributed by atoms with E-state index in [2.05, 4.69) is 12.1 Å². The number of amides is 1. The minimum absolute atomic E-state index is 0.199. The molecule has 2 fully saturated rings. The Morgan fingerprint density at radius 3 is 2.71 bits per heavy atom. The van der Waals surface area contributed by atoms with Crippen molar-refractivity contribution in [3.05, 3.63) is 34.9 Å². The molecule has 2 N–H and O–H groups in total. The van der Waals surface area contributed by atoms with Gasteiger partial charge in [0.25, 0.3) is 5.91 Å². The largest absolute Gasteiger partial charge is 0.378 e. The van der Waals surface area contributed by atoms with Crippen molar-refractivity contribution >= 4 is 5.91 Å². The number of piperidine rings is 1. The van der Waals surface area contributed by atoms with E-state index in [1.807, 2.05) is 11.0 Å². The average Bonchev–Trinajstić information content (AvgIpc) is 3.09. The Balaban J connectivity index is 1.36.